The zero-order valence-corrected chi connectivity index (χ0v) is 16.9. The van der Waals surface area contributed by atoms with Crippen LogP contribution in [-0.4, -0.2) is 42.4 Å². The topological polar surface area (TPSA) is 72.4 Å². The summed E-state index contributed by atoms with van der Waals surface area (Å²) in [7, 11) is -3.85. The summed E-state index contributed by atoms with van der Waals surface area (Å²) in [6.45, 7) is 1.84. The predicted molar refractivity (Wildman–Crippen MR) is 106 cm³/mol. The first-order valence-corrected chi connectivity index (χ1v) is 10.7. The van der Waals surface area contributed by atoms with Gasteiger partial charge >= 0.3 is 0 Å². The summed E-state index contributed by atoms with van der Waals surface area (Å²) in [5.41, 5.74) is 1.64. The fourth-order valence-corrected chi connectivity index (χ4v) is 4.89. The fraction of sp³-hybridized carbons (Fsp3) is 0.238. The van der Waals surface area contributed by atoms with Gasteiger partial charge < -0.3 is 4.74 Å². The average Bonchev–Trinajstić information content (AvgIpc) is 2.75. The van der Waals surface area contributed by atoms with E-state index in [4.69, 9.17) is 4.74 Å². The SMILES string of the molecule is Cc1cc(S(=O)(=O)N2CCOC(c3nccnc3-c3cccc(F)c3)C2)ccc1F. The molecule has 0 bridgehead atoms. The first-order valence-electron chi connectivity index (χ1n) is 9.31. The van der Waals surface area contributed by atoms with Crippen LogP contribution in [0.3, 0.4) is 0 Å². The number of aryl methyl sites for hydroxylation is 1. The summed E-state index contributed by atoms with van der Waals surface area (Å²) < 4.78 is 60.5. The highest BCUT2D eigenvalue weighted by Gasteiger charge is 2.33. The largest absolute Gasteiger partial charge is 0.369 e. The zero-order chi connectivity index (χ0) is 21.3. The number of hydrogen-bond donors (Lipinski definition) is 0. The van der Waals surface area contributed by atoms with Gasteiger partial charge in [-0.15, -0.1) is 0 Å². The van der Waals surface area contributed by atoms with Crippen LogP contribution < -0.4 is 0 Å². The van der Waals surface area contributed by atoms with Crippen molar-refractivity contribution < 1.29 is 21.9 Å². The summed E-state index contributed by atoms with van der Waals surface area (Å²) in [6.07, 6.45) is 2.29. The molecule has 4 rings (SSSR count). The van der Waals surface area contributed by atoms with Crippen LogP contribution in [0, 0.1) is 18.6 Å². The molecule has 9 heteroatoms. The van der Waals surface area contributed by atoms with Crippen LogP contribution in [0.5, 0.6) is 0 Å². The standard InChI is InChI=1S/C21H19F2N3O3S/c1-14-11-17(5-6-18(14)23)30(27,28)26-9-10-29-19(13-26)21-20(24-7-8-25-21)15-3-2-4-16(22)12-15/h2-8,11-12,19H,9-10,13H2,1H3. The van der Waals surface area contributed by atoms with E-state index >= 15 is 0 Å². The van der Waals surface area contributed by atoms with Crippen LogP contribution in [0.4, 0.5) is 8.78 Å². The van der Waals surface area contributed by atoms with Crippen LogP contribution >= 0.6 is 0 Å². The first kappa shape index (κ1) is 20.5. The van der Waals surface area contributed by atoms with Crippen LogP contribution in [0.2, 0.25) is 0 Å². The van der Waals surface area contributed by atoms with Crippen LogP contribution in [0.15, 0.2) is 59.8 Å². The molecule has 0 amide bonds. The number of aromatic nitrogens is 2. The minimum absolute atomic E-state index is 0.0137. The van der Waals surface area contributed by atoms with Gasteiger partial charge in [-0.2, -0.15) is 4.31 Å². The molecule has 1 aliphatic heterocycles. The van der Waals surface area contributed by atoms with Gasteiger partial charge in [0.05, 0.1) is 22.9 Å². The fourth-order valence-electron chi connectivity index (χ4n) is 3.38. The monoisotopic (exact) mass is 431 g/mol. The maximum Gasteiger partial charge on any atom is 0.243 e. The first-order chi connectivity index (χ1) is 14.4. The van der Waals surface area contributed by atoms with Crippen molar-refractivity contribution in [2.45, 2.75) is 17.9 Å². The number of halogens is 2. The van der Waals surface area contributed by atoms with Crippen molar-refractivity contribution in [2.24, 2.45) is 0 Å². The van der Waals surface area contributed by atoms with Gasteiger partial charge in [-0.25, -0.2) is 17.2 Å². The van der Waals surface area contributed by atoms with Crippen LogP contribution in [0.25, 0.3) is 11.3 Å². The molecule has 0 N–H and O–H groups in total. The molecule has 1 aromatic heterocycles. The minimum Gasteiger partial charge on any atom is -0.369 e. The normalized spacial score (nSPS) is 17.8. The Labute approximate surface area is 173 Å². The lowest BCUT2D eigenvalue weighted by atomic mass is 10.1. The number of morpholine rings is 1. The van der Waals surface area contributed by atoms with Crippen molar-refractivity contribution in [2.75, 3.05) is 19.7 Å². The Hall–Kier alpha value is -2.75. The number of hydrogen-bond acceptors (Lipinski definition) is 5. The second-order valence-corrected chi connectivity index (χ2v) is 8.87. The maximum absolute atomic E-state index is 13.7. The van der Waals surface area contributed by atoms with Crippen molar-refractivity contribution in [1.29, 1.82) is 0 Å². The third-order valence-electron chi connectivity index (χ3n) is 4.93. The molecule has 0 saturated carbocycles. The summed E-state index contributed by atoms with van der Waals surface area (Å²) in [5, 5.41) is 0. The Bertz CT molecular complexity index is 1190. The van der Waals surface area contributed by atoms with Crippen molar-refractivity contribution in [3.8, 4) is 11.3 Å². The molecule has 1 saturated heterocycles. The van der Waals surface area contributed by atoms with E-state index in [0.29, 0.717) is 17.0 Å². The number of ether oxygens (including phenoxy) is 1. The van der Waals surface area contributed by atoms with Gasteiger partial charge in [0, 0.05) is 31.0 Å². The number of nitrogens with zero attached hydrogens (tertiary/aromatic N) is 3. The Kier molecular flexibility index (Phi) is 5.59. The molecular formula is C21H19F2N3O3S. The molecule has 3 aromatic rings. The average molecular weight is 431 g/mol. The highest BCUT2D eigenvalue weighted by Crippen LogP contribution is 2.31. The second kappa shape index (κ2) is 8.17. The van der Waals surface area contributed by atoms with Gasteiger partial charge in [-0.1, -0.05) is 12.1 Å². The molecule has 156 valence electrons. The van der Waals surface area contributed by atoms with Crippen molar-refractivity contribution >= 4 is 10.0 Å². The predicted octanol–water partition coefficient (Wildman–Crippen LogP) is 3.49. The summed E-state index contributed by atoms with van der Waals surface area (Å²) in [5.74, 6) is -0.877. The molecule has 6 nitrogen and oxygen atoms in total. The smallest absolute Gasteiger partial charge is 0.243 e. The summed E-state index contributed by atoms with van der Waals surface area (Å²) >= 11 is 0. The molecular weight excluding hydrogens is 412 g/mol. The Morgan fingerprint density at radius 1 is 1.10 bits per heavy atom. The van der Waals surface area contributed by atoms with Crippen molar-refractivity contribution in [3.05, 3.63) is 77.8 Å². The van der Waals surface area contributed by atoms with E-state index in [1.165, 1.54) is 47.9 Å². The van der Waals surface area contributed by atoms with Crippen LogP contribution in [-0.2, 0) is 14.8 Å². The van der Waals surface area contributed by atoms with E-state index in [0.717, 1.165) is 6.07 Å². The van der Waals surface area contributed by atoms with Gasteiger partial charge in [-0.3, -0.25) is 9.97 Å². The zero-order valence-electron chi connectivity index (χ0n) is 16.1. The Morgan fingerprint density at radius 3 is 2.67 bits per heavy atom. The Balaban J connectivity index is 1.66. The molecule has 1 unspecified atom stereocenters. The molecule has 2 aromatic carbocycles. The quantitative estimate of drug-likeness (QED) is 0.632. The molecule has 0 aliphatic carbocycles. The van der Waals surface area contributed by atoms with E-state index in [9.17, 15) is 17.2 Å². The van der Waals surface area contributed by atoms with Crippen molar-refractivity contribution in [3.63, 3.8) is 0 Å². The molecule has 0 spiro atoms. The van der Waals surface area contributed by atoms with E-state index in [1.807, 2.05) is 0 Å². The van der Waals surface area contributed by atoms with E-state index in [1.54, 1.807) is 12.1 Å². The maximum atomic E-state index is 13.7. The highest BCUT2D eigenvalue weighted by atomic mass is 32.2. The lowest BCUT2D eigenvalue weighted by Gasteiger charge is -2.32. The third-order valence-corrected chi connectivity index (χ3v) is 6.79. The Morgan fingerprint density at radius 2 is 1.90 bits per heavy atom. The van der Waals surface area contributed by atoms with Gasteiger partial charge in [0.2, 0.25) is 10.0 Å². The number of rotatable bonds is 4. The molecule has 2 heterocycles. The molecule has 1 fully saturated rings. The minimum atomic E-state index is -3.85. The van der Waals surface area contributed by atoms with Gasteiger partial charge in [0.25, 0.3) is 0 Å². The molecule has 30 heavy (non-hydrogen) atoms. The highest BCUT2D eigenvalue weighted by molar-refractivity contribution is 7.89. The van der Waals surface area contributed by atoms with E-state index in [2.05, 4.69) is 9.97 Å². The van der Waals surface area contributed by atoms with Gasteiger partial charge in [-0.05, 0) is 42.8 Å². The molecule has 0 radical (unpaired) electrons. The molecule has 1 atom stereocenters. The summed E-state index contributed by atoms with van der Waals surface area (Å²) in [4.78, 5) is 8.68. The third kappa shape index (κ3) is 3.96. The van der Waals surface area contributed by atoms with Gasteiger partial charge in [0.1, 0.15) is 17.7 Å². The van der Waals surface area contributed by atoms with Crippen LogP contribution in [0.1, 0.15) is 17.4 Å². The lowest BCUT2D eigenvalue weighted by Crippen LogP contribution is -2.42. The lowest BCUT2D eigenvalue weighted by molar-refractivity contribution is -0.00477. The van der Waals surface area contributed by atoms with E-state index in [-0.39, 0.29) is 30.2 Å². The summed E-state index contributed by atoms with van der Waals surface area (Å²) in [6, 6.07) is 9.65. The van der Waals surface area contributed by atoms with E-state index < -0.39 is 27.8 Å². The van der Waals surface area contributed by atoms with Gasteiger partial charge in [0.15, 0.2) is 0 Å². The number of sulfonamides is 1. The molecule has 1 aliphatic rings. The number of benzene rings is 2. The second-order valence-electron chi connectivity index (χ2n) is 6.93. The van der Waals surface area contributed by atoms with Crippen molar-refractivity contribution in [1.82, 2.24) is 14.3 Å².